The fourth-order valence-electron chi connectivity index (χ4n) is 3.82. The zero-order chi connectivity index (χ0) is 22.0. The van der Waals surface area contributed by atoms with Crippen LogP contribution in [0.4, 0.5) is 11.6 Å². The van der Waals surface area contributed by atoms with Gasteiger partial charge in [0.1, 0.15) is 5.75 Å². The summed E-state index contributed by atoms with van der Waals surface area (Å²) in [6.07, 6.45) is 3.12. The third-order valence-electron chi connectivity index (χ3n) is 5.66. The van der Waals surface area contributed by atoms with E-state index in [2.05, 4.69) is 9.97 Å². The van der Waals surface area contributed by atoms with Crippen molar-refractivity contribution in [1.82, 2.24) is 14.9 Å². The summed E-state index contributed by atoms with van der Waals surface area (Å²) in [7, 11) is 1.66. The number of ether oxygens (including phenoxy) is 1. The largest absolute Gasteiger partial charge is 0.479 e. The molecule has 4 rings (SSSR count). The van der Waals surface area contributed by atoms with E-state index in [-0.39, 0.29) is 30.4 Å². The number of ketones is 1. The number of hydrogen-bond donors (Lipinski definition) is 0. The molecule has 1 fully saturated rings. The SMILES string of the molecule is CC1Oc2ccc(C(=O)CCC(=O)N3CCN(c4ncccn4)CC3)cc2N(C)C1=O. The van der Waals surface area contributed by atoms with Crippen LogP contribution in [0.5, 0.6) is 5.75 Å². The van der Waals surface area contributed by atoms with Crippen molar-refractivity contribution in [2.75, 3.05) is 43.0 Å². The molecule has 0 spiro atoms. The Kier molecular flexibility index (Phi) is 5.83. The van der Waals surface area contributed by atoms with Crippen molar-refractivity contribution in [2.45, 2.75) is 25.9 Å². The molecule has 31 heavy (non-hydrogen) atoms. The number of Topliss-reactive ketones (excluding diaryl/α,β-unsaturated/α-hetero) is 1. The topological polar surface area (TPSA) is 95.9 Å². The molecule has 1 saturated heterocycles. The number of carbonyl (C=O) groups excluding carboxylic acids is 3. The fraction of sp³-hybridized carbons (Fsp3) is 0.409. The lowest BCUT2D eigenvalue weighted by Gasteiger charge is -2.34. The Labute approximate surface area is 180 Å². The minimum atomic E-state index is -0.550. The predicted molar refractivity (Wildman–Crippen MR) is 114 cm³/mol. The summed E-state index contributed by atoms with van der Waals surface area (Å²) < 4.78 is 5.59. The van der Waals surface area contributed by atoms with Gasteiger partial charge in [-0.1, -0.05) is 0 Å². The van der Waals surface area contributed by atoms with Crippen LogP contribution in [0.15, 0.2) is 36.7 Å². The second-order valence-electron chi connectivity index (χ2n) is 7.68. The fourth-order valence-corrected chi connectivity index (χ4v) is 3.82. The van der Waals surface area contributed by atoms with E-state index in [0.717, 1.165) is 0 Å². The lowest BCUT2D eigenvalue weighted by Crippen LogP contribution is -2.49. The van der Waals surface area contributed by atoms with Crippen LogP contribution in [0.2, 0.25) is 0 Å². The second-order valence-corrected chi connectivity index (χ2v) is 7.68. The Balaban J connectivity index is 1.31. The van der Waals surface area contributed by atoms with E-state index in [1.807, 2.05) is 4.90 Å². The zero-order valence-corrected chi connectivity index (χ0v) is 17.7. The molecule has 0 saturated carbocycles. The molecule has 9 heteroatoms. The van der Waals surface area contributed by atoms with Crippen LogP contribution in [0.3, 0.4) is 0 Å². The maximum Gasteiger partial charge on any atom is 0.267 e. The van der Waals surface area contributed by atoms with Crippen LogP contribution < -0.4 is 14.5 Å². The highest BCUT2D eigenvalue weighted by atomic mass is 16.5. The van der Waals surface area contributed by atoms with Gasteiger partial charge in [-0.05, 0) is 31.2 Å². The lowest BCUT2D eigenvalue weighted by atomic mass is 10.0. The number of hydrogen-bond acceptors (Lipinski definition) is 7. The molecular weight excluding hydrogens is 398 g/mol. The average molecular weight is 423 g/mol. The van der Waals surface area contributed by atoms with Crippen molar-refractivity contribution < 1.29 is 19.1 Å². The van der Waals surface area contributed by atoms with Gasteiger partial charge in [-0.3, -0.25) is 14.4 Å². The summed E-state index contributed by atoms with van der Waals surface area (Å²) in [6.45, 7) is 4.17. The number of carbonyl (C=O) groups is 3. The molecule has 1 aromatic carbocycles. The van der Waals surface area contributed by atoms with Gasteiger partial charge in [-0.2, -0.15) is 0 Å². The molecule has 0 N–H and O–H groups in total. The van der Waals surface area contributed by atoms with Crippen molar-refractivity contribution in [1.29, 1.82) is 0 Å². The summed E-state index contributed by atoms with van der Waals surface area (Å²) in [5, 5.41) is 0. The van der Waals surface area contributed by atoms with E-state index >= 15 is 0 Å². The highest BCUT2D eigenvalue weighted by Crippen LogP contribution is 2.34. The van der Waals surface area contributed by atoms with Gasteiger partial charge in [-0.15, -0.1) is 0 Å². The Bertz CT molecular complexity index is 989. The first kappa shape index (κ1) is 20.8. The number of anilines is 2. The summed E-state index contributed by atoms with van der Waals surface area (Å²) in [5.74, 6) is 0.908. The van der Waals surface area contributed by atoms with Crippen LogP contribution in [-0.4, -0.2) is 71.8 Å². The molecule has 0 radical (unpaired) electrons. The monoisotopic (exact) mass is 423 g/mol. The average Bonchev–Trinajstić information content (AvgIpc) is 2.81. The first-order valence-corrected chi connectivity index (χ1v) is 10.4. The van der Waals surface area contributed by atoms with Crippen LogP contribution in [0.25, 0.3) is 0 Å². The van der Waals surface area contributed by atoms with Gasteiger partial charge in [0.25, 0.3) is 5.91 Å². The molecule has 1 unspecified atom stereocenters. The Hall–Kier alpha value is -3.49. The number of nitrogens with zero attached hydrogens (tertiary/aromatic N) is 5. The maximum atomic E-state index is 12.7. The summed E-state index contributed by atoms with van der Waals surface area (Å²) >= 11 is 0. The lowest BCUT2D eigenvalue weighted by molar-refractivity contribution is -0.131. The minimum absolute atomic E-state index is 0.0376. The quantitative estimate of drug-likeness (QED) is 0.673. The smallest absolute Gasteiger partial charge is 0.267 e. The highest BCUT2D eigenvalue weighted by molar-refractivity contribution is 6.03. The molecule has 2 aliphatic rings. The molecule has 0 aliphatic carbocycles. The van der Waals surface area contributed by atoms with Crippen molar-refractivity contribution in [2.24, 2.45) is 0 Å². The summed E-state index contributed by atoms with van der Waals surface area (Å²) in [5.41, 5.74) is 1.04. The van der Waals surface area contributed by atoms with Crippen molar-refractivity contribution >= 4 is 29.2 Å². The van der Waals surface area contributed by atoms with Crippen molar-refractivity contribution in [3.05, 3.63) is 42.2 Å². The van der Waals surface area contributed by atoms with Gasteiger partial charge in [0.15, 0.2) is 11.9 Å². The Morgan fingerprint density at radius 1 is 1.10 bits per heavy atom. The van der Waals surface area contributed by atoms with E-state index in [9.17, 15) is 14.4 Å². The molecule has 2 aromatic rings. The first-order chi connectivity index (χ1) is 14.9. The second kappa shape index (κ2) is 8.71. The first-order valence-electron chi connectivity index (χ1n) is 10.4. The minimum Gasteiger partial charge on any atom is -0.479 e. The van der Waals surface area contributed by atoms with Gasteiger partial charge in [0, 0.05) is 64.0 Å². The third-order valence-corrected chi connectivity index (χ3v) is 5.66. The Morgan fingerprint density at radius 2 is 1.81 bits per heavy atom. The highest BCUT2D eigenvalue weighted by Gasteiger charge is 2.29. The van der Waals surface area contributed by atoms with Crippen molar-refractivity contribution in [3.63, 3.8) is 0 Å². The number of aromatic nitrogens is 2. The molecule has 9 nitrogen and oxygen atoms in total. The van der Waals surface area contributed by atoms with Gasteiger partial charge in [-0.25, -0.2) is 9.97 Å². The van der Waals surface area contributed by atoms with E-state index in [1.54, 1.807) is 55.5 Å². The number of fused-ring (bicyclic) bond motifs is 1. The molecule has 162 valence electrons. The number of rotatable bonds is 5. The normalized spacial score (nSPS) is 18.5. The molecular formula is C22H25N5O4. The van der Waals surface area contributed by atoms with Gasteiger partial charge < -0.3 is 19.4 Å². The van der Waals surface area contributed by atoms with Gasteiger partial charge in [0.05, 0.1) is 5.69 Å². The van der Waals surface area contributed by atoms with E-state index < -0.39 is 6.10 Å². The summed E-state index contributed by atoms with van der Waals surface area (Å²) in [4.78, 5) is 51.2. The van der Waals surface area contributed by atoms with E-state index in [0.29, 0.717) is 49.1 Å². The number of likely N-dealkylation sites (N-methyl/N-ethyl adjacent to an activating group) is 1. The van der Waals surface area contributed by atoms with E-state index in [1.165, 1.54) is 4.90 Å². The predicted octanol–water partition coefficient (Wildman–Crippen LogP) is 1.53. The van der Waals surface area contributed by atoms with Crippen LogP contribution in [0.1, 0.15) is 30.1 Å². The molecule has 1 atom stereocenters. The molecule has 2 aliphatic heterocycles. The molecule has 3 heterocycles. The maximum absolute atomic E-state index is 12.7. The third kappa shape index (κ3) is 4.35. The molecule has 0 bridgehead atoms. The number of benzene rings is 1. The van der Waals surface area contributed by atoms with Gasteiger partial charge in [0.2, 0.25) is 11.9 Å². The molecule has 2 amide bonds. The number of amides is 2. The zero-order valence-electron chi connectivity index (χ0n) is 17.7. The van der Waals surface area contributed by atoms with Crippen LogP contribution in [-0.2, 0) is 9.59 Å². The van der Waals surface area contributed by atoms with Gasteiger partial charge >= 0.3 is 0 Å². The standard InChI is InChI=1S/C22H25N5O4/c1-15-21(30)25(2)17-14-16(4-6-19(17)31-15)18(28)5-7-20(29)26-10-12-27(13-11-26)22-23-8-3-9-24-22/h3-4,6,8-9,14-15H,5,7,10-13H2,1-2H3. The molecule has 1 aromatic heterocycles. The number of piperazine rings is 1. The van der Waals surface area contributed by atoms with Crippen LogP contribution >= 0.6 is 0 Å². The summed E-state index contributed by atoms with van der Waals surface area (Å²) in [6, 6.07) is 6.81. The Morgan fingerprint density at radius 3 is 2.52 bits per heavy atom. The van der Waals surface area contributed by atoms with Crippen molar-refractivity contribution in [3.8, 4) is 5.75 Å². The van der Waals surface area contributed by atoms with E-state index in [4.69, 9.17) is 4.74 Å². The van der Waals surface area contributed by atoms with Crippen LogP contribution in [0, 0.1) is 0 Å².